The maximum Gasteiger partial charge on any atom is 0.278 e. The Bertz CT molecular complexity index is 1570. The predicted molar refractivity (Wildman–Crippen MR) is 135 cm³/mol. The third kappa shape index (κ3) is 5.13. The van der Waals surface area contributed by atoms with Gasteiger partial charge in [-0.15, -0.1) is 0 Å². The van der Waals surface area contributed by atoms with Gasteiger partial charge in [-0.2, -0.15) is 4.98 Å². The molecule has 0 radical (unpaired) electrons. The summed E-state index contributed by atoms with van der Waals surface area (Å²) >= 11 is 0. The summed E-state index contributed by atoms with van der Waals surface area (Å²) in [7, 11) is -2.03. The zero-order chi connectivity index (χ0) is 25.1. The summed E-state index contributed by atoms with van der Waals surface area (Å²) in [6.07, 6.45) is 3.50. The Labute approximate surface area is 208 Å². The first-order valence-corrected chi connectivity index (χ1v) is 12.6. The Hall–Kier alpha value is -4.44. The molecule has 0 aliphatic carbocycles. The number of hydrogen-bond acceptors (Lipinski definition) is 7. The number of aromatic nitrogens is 4. The van der Waals surface area contributed by atoms with Gasteiger partial charge in [0.1, 0.15) is 11.4 Å². The van der Waals surface area contributed by atoms with Crippen molar-refractivity contribution in [3.8, 4) is 28.7 Å². The van der Waals surface area contributed by atoms with Gasteiger partial charge in [0.2, 0.25) is 5.82 Å². The van der Waals surface area contributed by atoms with Gasteiger partial charge in [-0.05, 0) is 61.0 Å². The fourth-order valence-corrected chi connectivity index (χ4v) is 4.62. The second-order valence-corrected chi connectivity index (χ2v) is 9.88. The van der Waals surface area contributed by atoms with Gasteiger partial charge in [-0.25, -0.2) is 13.4 Å². The van der Waals surface area contributed by atoms with E-state index < -0.39 is 10.0 Å². The number of sulfonamides is 1. The standard InChI is InChI=1S/C26H23N5O4S/c1-18-3-13-23(14-4-18)36(32,33)30-21-9-5-19(6-10-21)15-31-16-24(27-17-31)26-28-25(29-35-26)20-7-11-22(34-2)12-8-20/h3-14,16-17,30H,15H2,1-2H3. The summed E-state index contributed by atoms with van der Waals surface area (Å²) in [6.45, 7) is 2.45. The van der Waals surface area contributed by atoms with Crippen molar-refractivity contribution in [1.82, 2.24) is 19.7 Å². The van der Waals surface area contributed by atoms with Crippen LogP contribution in [0.25, 0.3) is 23.0 Å². The number of methoxy groups -OCH3 is 1. The van der Waals surface area contributed by atoms with E-state index in [2.05, 4.69) is 19.8 Å². The molecule has 0 fully saturated rings. The molecule has 36 heavy (non-hydrogen) atoms. The smallest absolute Gasteiger partial charge is 0.278 e. The van der Waals surface area contributed by atoms with Crippen molar-refractivity contribution in [2.24, 2.45) is 0 Å². The number of nitrogens with zero attached hydrogens (tertiary/aromatic N) is 4. The minimum absolute atomic E-state index is 0.222. The summed E-state index contributed by atoms with van der Waals surface area (Å²) in [6, 6.07) is 21.3. The van der Waals surface area contributed by atoms with Crippen molar-refractivity contribution in [3.05, 3.63) is 96.4 Å². The number of anilines is 1. The van der Waals surface area contributed by atoms with Crippen LogP contribution in [-0.2, 0) is 16.6 Å². The number of aryl methyl sites for hydroxylation is 1. The Balaban J connectivity index is 1.24. The average Bonchev–Trinajstić information content (AvgIpc) is 3.55. The zero-order valence-electron chi connectivity index (χ0n) is 19.6. The molecule has 3 aromatic carbocycles. The van der Waals surface area contributed by atoms with Gasteiger partial charge in [0.25, 0.3) is 15.9 Å². The largest absolute Gasteiger partial charge is 0.497 e. The van der Waals surface area contributed by atoms with Gasteiger partial charge >= 0.3 is 0 Å². The van der Waals surface area contributed by atoms with E-state index in [9.17, 15) is 8.42 Å². The van der Waals surface area contributed by atoms with Crippen LogP contribution in [0.3, 0.4) is 0 Å². The zero-order valence-corrected chi connectivity index (χ0v) is 20.4. The van der Waals surface area contributed by atoms with Gasteiger partial charge in [-0.1, -0.05) is 35.0 Å². The predicted octanol–water partition coefficient (Wildman–Crippen LogP) is 4.77. The van der Waals surface area contributed by atoms with Crippen molar-refractivity contribution in [2.75, 3.05) is 11.8 Å². The minimum Gasteiger partial charge on any atom is -0.497 e. The fraction of sp³-hybridized carbons (Fsp3) is 0.115. The first kappa shape index (κ1) is 23.3. The molecule has 0 aliphatic heterocycles. The van der Waals surface area contributed by atoms with E-state index in [1.165, 1.54) is 0 Å². The summed E-state index contributed by atoms with van der Waals surface area (Å²) in [5, 5.41) is 4.04. The molecule has 5 aromatic rings. The first-order chi connectivity index (χ1) is 17.4. The number of rotatable bonds is 8. The molecule has 0 bridgehead atoms. The van der Waals surface area contributed by atoms with Crippen LogP contribution < -0.4 is 9.46 Å². The van der Waals surface area contributed by atoms with Crippen LogP contribution in [0, 0.1) is 6.92 Å². The first-order valence-electron chi connectivity index (χ1n) is 11.1. The highest BCUT2D eigenvalue weighted by Gasteiger charge is 2.15. The lowest BCUT2D eigenvalue weighted by Crippen LogP contribution is -2.12. The molecule has 5 rings (SSSR count). The number of nitrogens with one attached hydrogen (secondary N) is 1. The van der Waals surface area contributed by atoms with Gasteiger partial charge in [-0.3, -0.25) is 4.72 Å². The van der Waals surface area contributed by atoms with Crippen LogP contribution in [0.5, 0.6) is 5.75 Å². The maximum absolute atomic E-state index is 12.6. The molecule has 9 nitrogen and oxygen atoms in total. The lowest BCUT2D eigenvalue weighted by molar-refractivity contribution is 0.414. The van der Waals surface area contributed by atoms with Crippen LogP contribution in [0.4, 0.5) is 5.69 Å². The van der Waals surface area contributed by atoms with E-state index in [1.54, 1.807) is 49.8 Å². The fourth-order valence-electron chi connectivity index (χ4n) is 3.56. The summed E-state index contributed by atoms with van der Waals surface area (Å²) in [4.78, 5) is 9.04. The van der Waals surface area contributed by atoms with Crippen molar-refractivity contribution in [2.45, 2.75) is 18.4 Å². The van der Waals surface area contributed by atoms with Crippen LogP contribution in [0.1, 0.15) is 11.1 Å². The molecular weight excluding hydrogens is 478 g/mol. The van der Waals surface area contributed by atoms with Crippen LogP contribution in [-0.4, -0.2) is 35.2 Å². The minimum atomic E-state index is -3.65. The van der Waals surface area contributed by atoms with E-state index >= 15 is 0 Å². The van der Waals surface area contributed by atoms with Gasteiger partial charge in [0.15, 0.2) is 0 Å². The second-order valence-electron chi connectivity index (χ2n) is 8.20. The highest BCUT2D eigenvalue weighted by molar-refractivity contribution is 7.92. The van der Waals surface area contributed by atoms with Crippen molar-refractivity contribution in [3.63, 3.8) is 0 Å². The van der Waals surface area contributed by atoms with Crippen molar-refractivity contribution >= 4 is 15.7 Å². The highest BCUT2D eigenvalue weighted by atomic mass is 32.2. The molecule has 0 amide bonds. The maximum atomic E-state index is 12.6. The van der Waals surface area contributed by atoms with Crippen LogP contribution >= 0.6 is 0 Å². The summed E-state index contributed by atoms with van der Waals surface area (Å²) in [5.74, 6) is 1.53. The highest BCUT2D eigenvalue weighted by Crippen LogP contribution is 2.23. The average molecular weight is 502 g/mol. The van der Waals surface area contributed by atoms with Gasteiger partial charge in [0, 0.05) is 24.0 Å². The number of benzene rings is 3. The molecule has 1 N–H and O–H groups in total. The van der Waals surface area contributed by atoms with Crippen LogP contribution in [0.15, 0.2) is 94.7 Å². The van der Waals surface area contributed by atoms with Gasteiger partial charge in [0.05, 0.1) is 18.3 Å². The molecule has 2 heterocycles. The summed E-state index contributed by atoms with van der Waals surface area (Å²) in [5.41, 5.74) is 3.83. The molecule has 0 atom stereocenters. The number of ether oxygens (including phenoxy) is 1. The van der Waals surface area contributed by atoms with E-state index in [0.29, 0.717) is 29.6 Å². The topological polar surface area (TPSA) is 112 Å². The molecule has 2 aromatic heterocycles. The molecule has 0 aliphatic rings. The molecule has 0 saturated heterocycles. The molecule has 0 spiro atoms. The monoisotopic (exact) mass is 501 g/mol. The third-order valence-corrected chi connectivity index (χ3v) is 6.93. The van der Waals surface area contributed by atoms with E-state index in [1.807, 2.05) is 54.1 Å². The third-order valence-electron chi connectivity index (χ3n) is 5.53. The van der Waals surface area contributed by atoms with Crippen molar-refractivity contribution in [1.29, 1.82) is 0 Å². The second kappa shape index (κ2) is 9.67. The lowest BCUT2D eigenvalue weighted by Gasteiger charge is -2.09. The quantitative estimate of drug-likeness (QED) is 0.326. The normalized spacial score (nSPS) is 11.4. The Kier molecular flexibility index (Phi) is 6.26. The Morgan fingerprint density at radius 2 is 1.69 bits per heavy atom. The molecule has 0 saturated carbocycles. The Morgan fingerprint density at radius 1 is 0.972 bits per heavy atom. The molecular formula is C26H23N5O4S. The molecule has 10 heteroatoms. The van der Waals surface area contributed by atoms with E-state index in [0.717, 1.165) is 22.4 Å². The SMILES string of the molecule is COc1ccc(-c2noc(-c3cn(Cc4ccc(NS(=O)(=O)c5ccc(C)cc5)cc4)cn3)n2)cc1. The van der Waals surface area contributed by atoms with Crippen molar-refractivity contribution < 1.29 is 17.7 Å². The van der Waals surface area contributed by atoms with E-state index in [-0.39, 0.29) is 4.90 Å². The number of imidazole rings is 1. The lowest BCUT2D eigenvalue weighted by atomic mass is 10.2. The Morgan fingerprint density at radius 3 is 2.39 bits per heavy atom. The van der Waals surface area contributed by atoms with Crippen LogP contribution in [0.2, 0.25) is 0 Å². The summed E-state index contributed by atoms with van der Waals surface area (Å²) < 4.78 is 40.3. The van der Waals surface area contributed by atoms with E-state index in [4.69, 9.17) is 9.26 Å². The van der Waals surface area contributed by atoms with Gasteiger partial charge < -0.3 is 13.8 Å². The molecule has 182 valence electrons. The number of hydrogen-bond donors (Lipinski definition) is 1. The molecule has 0 unspecified atom stereocenters.